The SMILES string of the molecule is COC1(C(N)Cc2cc(Cl)ccc2F)CCCC1. The minimum Gasteiger partial charge on any atom is -0.377 e. The third kappa shape index (κ3) is 2.68. The molecular weight excluding hydrogens is 253 g/mol. The fourth-order valence-electron chi connectivity index (χ4n) is 2.82. The summed E-state index contributed by atoms with van der Waals surface area (Å²) >= 11 is 5.89. The molecule has 1 atom stereocenters. The van der Waals surface area contributed by atoms with Gasteiger partial charge >= 0.3 is 0 Å². The molecule has 1 aromatic rings. The van der Waals surface area contributed by atoms with Gasteiger partial charge in [0.15, 0.2) is 0 Å². The highest BCUT2D eigenvalue weighted by Crippen LogP contribution is 2.36. The van der Waals surface area contributed by atoms with Gasteiger partial charge < -0.3 is 10.5 Å². The first-order chi connectivity index (χ1) is 8.57. The highest BCUT2D eigenvalue weighted by atomic mass is 35.5. The largest absolute Gasteiger partial charge is 0.377 e. The number of hydrogen-bond acceptors (Lipinski definition) is 2. The summed E-state index contributed by atoms with van der Waals surface area (Å²) in [5.41, 5.74) is 6.51. The monoisotopic (exact) mass is 271 g/mol. The first-order valence-electron chi connectivity index (χ1n) is 6.32. The molecule has 0 aromatic heterocycles. The van der Waals surface area contributed by atoms with E-state index in [4.69, 9.17) is 22.1 Å². The molecule has 1 aliphatic rings. The van der Waals surface area contributed by atoms with Gasteiger partial charge in [-0.3, -0.25) is 0 Å². The summed E-state index contributed by atoms with van der Waals surface area (Å²) in [5.74, 6) is -0.251. The zero-order valence-electron chi connectivity index (χ0n) is 10.6. The summed E-state index contributed by atoms with van der Waals surface area (Å²) in [6.07, 6.45) is 4.61. The Balaban J connectivity index is 2.15. The minimum absolute atomic E-state index is 0.196. The average Bonchev–Trinajstić information content (AvgIpc) is 2.84. The van der Waals surface area contributed by atoms with Crippen molar-refractivity contribution in [3.63, 3.8) is 0 Å². The van der Waals surface area contributed by atoms with E-state index in [-0.39, 0.29) is 17.5 Å². The van der Waals surface area contributed by atoms with Crippen molar-refractivity contribution >= 4 is 11.6 Å². The van der Waals surface area contributed by atoms with Crippen molar-refractivity contribution in [2.24, 2.45) is 5.73 Å². The van der Waals surface area contributed by atoms with E-state index in [0.29, 0.717) is 17.0 Å². The molecule has 2 nitrogen and oxygen atoms in total. The molecule has 100 valence electrons. The second-order valence-corrected chi connectivity index (χ2v) is 5.46. The molecule has 0 spiro atoms. The van der Waals surface area contributed by atoms with Crippen LogP contribution in [0.3, 0.4) is 0 Å². The molecule has 0 radical (unpaired) electrons. The molecule has 1 saturated carbocycles. The Labute approximate surface area is 112 Å². The maximum Gasteiger partial charge on any atom is 0.126 e. The van der Waals surface area contributed by atoms with E-state index in [0.717, 1.165) is 25.7 Å². The van der Waals surface area contributed by atoms with Gasteiger partial charge in [-0.2, -0.15) is 0 Å². The lowest BCUT2D eigenvalue weighted by Crippen LogP contribution is -2.48. The van der Waals surface area contributed by atoms with Gasteiger partial charge in [0.25, 0.3) is 0 Å². The number of benzene rings is 1. The van der Waals surface area contributed by atoms with Crippen molar-refractivity contribution in [1.29, 1.82) is 0 Å². The van der Waals surface area contributed by atoms with E-state index in [1.165, 1.54) is 6.07 Å². The van der Waals surface area contributed by atoms with E-state index >= 15 is 0 Å². The molecule has 4 heteroatoms. The predicted molar refractivity (Wildman–Crippen MR) is 71.3 cm³/mol. The van der Waals surface area contributed by atoms with E-state index in [9.17, 15) is 4.39 Å². The number of rotatable bonds is 4. The molecule has 0 bridgehead atoms. The molecule has 1 unspecified atom stereocenters. The quantitative estimate of drug-likeness (QED) is 0.912. The Morgan fingerprint density at radius 2 is 2.11 bits per heavy atom. The lowest BCUT2D eigenvalue weighted by molar-refractivity contribution is -0.0255. The van der Waals surface area contributed by atoms with Crippen LogP contribution in [0.25, 0.3) is 0 Å². The van der Waals surface area contributed by atoms with Crippen LogP contribution >= 0.6 is 11.6 Å². The van der Waals surface area contributed by atoms with Crippen molar-refractivity contribution < 1.29 is 9.13 Å². The second kappa shape index (κ2) is 5.55. The predicted octanol–water partition coefficient (Wildman–Crippen LogP) is 3.31. The summed E-state index contributed by atoms with van der Waals surface area (Å²) < 4.78 is 19.3. The van der Waals surface area contributed by atoms with Crippen molar-refractivity contribution in [2.75, 3.05) is 7.11 Å². The maximum absolute atomic E-state index is 13.7. The van der Waals surface area contributed by atoms with E-state index in [2.05, 4.69) is 0 Å². The van der Waals surface area contributed by atoms with Crippen molar-refractivity contribution in [1.82, 2.24) is 0 Å². The van der Waals surface area contributed by atoms with Crippen LogP contribution in [-0.2, 0) is 11.2 Å². The highest BCUT2D eigenvalue weighted by Gasteiger charge is 2.39. The van der Waals surface area contributed by atoms with Crippen LogP contribution in [0.2, 0.25) is 5.02 Å². The van der Waals surface area contributed by atoms with Gasteiger partial charge in [-0.05, 0) is 43.0 Å². The topological polar surface area (TPSA) is 35.2 Å². The molecule has 0 amide bonds. The molecule has 0 aliphatic heterocycles. The zero-order valence-corrected chi connectivity index (χ0v) is 11.3. The van der Waals surface area contributed by atoms with Gasteiger partial charge in [-0.25, -0.2) is 4.39 Å². The van der Waals surface area contributed by atoms with E-state index in [1.54, 1.807) is 19.2 Å². The summed E-state index contributed by atoms with van der Waals surface area (Å²) in [4.78, 5) is 0. The van der Waals surface area contributed by atoms with Crippen LogP contribution in [0.5, 0.6) is 0 Å². The van der Waals surface area contributed by atoms with Crippen molar-refractivity contribution in [3.05, 3.63) is 34.6 Å². The van der Waals surface area contributed by atoms with Crippen molar-refractivity contribution in [2.45, 2.75) is 43.7 Å². The highest BCUT2D eigenvalue weighted by molar-refractivity contribution is 6.30. The number of methoxy groups -OCH3 is 1. The Morgan fingerprint density at radius 3 is 2.72 bits per heavy atom. The van der Waals surface area contributed by atoms with Gasteiger partial charge in [0, 0.05) is 18.2 Å². The molecule has 1 aliphatic carbocycles. The summed E-state index contributed by atoms with van der Waals surface area (Å²) in [5, 5.41) is 0.538. The molecule has 18 heavy (non-hydrogen) atoms. The van der Waals surface area contributed by atoms with Gasteiger partial charge in [-0.1, -0.05) is 24.4 Å². The van der Waals surface area contributed by atoms with Crippen LogP contribution in [0.4, 0.5) is 4.39 Å². The maximum atomic E-state index is 13.7. The van der Waals surface area contributed by atoms with Crippen LogP contribution < -0.4 is 5.73 Å². The second-order valence-electron chi connectivity index (χ2n) is 5.02. The fourth-order valence-corrected chi connectivity index (χ4v) is 3.02. The third-order valence-electron chi connectivity index (χ3n) is 3.98. The Bertz CT molecular complexity index is 418. The van der Waals surface area contributed by atoms with Crippen LogP contribution in [-0.4, -0.2) is 18.8 Å². The van der Waals surface area contributed by atoms with Gasteiger partial charge in [0.1, 0.15) is 5.82 Å². The number of halogens is 2. The van der Waals surface area contributed by atoms with Gasteiger partial charge in [0.05, 0.1) is 5.60 Å². The molecule has 2 N–H and O–H groups in total. The summed E-state index contributed by atoms with van der Waals surface area (Å²) in [7, 11) is 1.69. The number of nitrogens with two attached hydrogens (primary N) is 1. The molecular formula is C14H19ClFNO. The molecule has 1 aromatic carbocycles. The Kier molecular flexibility index (Phi) is 4.25. The Hall–Kier alpha value is -0.640. The van der Waals surface area contributed by atoms with Gasteiger partial charge in [0.2, 0.25) is 0 Å². The standard InChI is InChI=1S/C14H19ClFNO/c1-18-14(6-2-3-7-14)13(17)9-10-8-11(15)4-5-12(10)16/h4-5,8,13H,2-3,6-7,9,17H2,1H3. The van der Waals surface area contributed by atoms with E-state index < -0.39 is 0 Å². The number of hydrogen-bond donors (Lipinski definition) is 1. The smallest absolute Gasteiger partial charge is 0.126 e. The zero-order chi connectivity index (χ0) is 13.2. The van der Waals surface area contributed by atoms with E-state index in [1.807, 2.05) is 0 Å². The molecule has 2 rings (SSSR count). The first-order valence-corrected chi connectivity index (χ1v) is 6.70. The number of ether oxygens (including phenoxy) is 1. The molecule has 0 saturated heterocycles. The van der Waals surface area contributed by atoms with Crippen LogP contribution in [0.15, 0.2) is 18.2 Å². The van der Waals surface area contributed by atoms with Crippen LogP contribution in [0.1, 0.15) is 31.2 Å². The summed E-state index contributed by atoms with van der Waals surface area (Å²) in [6, 6.07) is 4.39. The fraction of sp³-hybridized carbons (Fsp3) is 0.571. The Morgan fingerprint density at radius 1 is 1.44 bits per heavy atom. The van der Waals surface area contributed by atoms with Gasteiger partial charge in [-0.15, -0.1) is 0 Å². The van der Waals surface area contributed by atoms with Crippen molar-refractivity contribution in [3.8, 4) is 0 Å². The van der Waals surface area contributed by atoms with Crippen LogP contribution in [0, 0.1) is 5.82 Å². The molecule has 1 fully saturated rings. The average molecular weight is 272 g/mol. The first kappa shape index (κ1) is 13.8. The minimum atomic E-state index is -0.297. The lowest BCUT2D eigenvalue weighted by Gasteiger charge is -2.34. The molecule has 0 heterocycles. The third-order valence-corrected chi connectivity index (χ3v) is 4.21. The normalized spacial score (nSPS) is 20.0. The lowest BCUT2D eigenvalue weighted by atomic mass is 9.88. The summed E-state index contributed by atoms with van der Waals surface area (Å²) in [6.45, 7) is 0.